The fraction of sp³-hybridized carbons (Fsp3) is 0.571. The Bertz CT molecular complexity index is 307. The fourth-order valence-corrected chi connectivity index (χ4v) is 1.65. The summed E-state index contributed by atoms with van der Waals surface area (Å²) in [6.07, 6.45) is 1.15. The smallest absolute Gasteiger partial charge is 0.0607 e. The average molecular weight is 237 g/mol. The maximum atomic E-state index is 8.93. The monoisotopic (exact) mass is 237 g/mol. The molecule has 0 amide bonds. The topological polar surface area (TPSA) is 52.5 Å². The summed E-state index contributed by atoms with van der Waals surface area (Å²) in [6, 6.07) is 8.26. The number of nitrogens with one attached hydrogen (secondary N) is 1. The van der Waals surface area contributed by atoms with E-state index >= 15 is 0 Å². The lowest BCUT2D eigenvalue weighted by molar-refractivity contribution is 0.170. The molecular weight excluding hydrogens is 214 g/mol. The summed E-state index contributed by atoms with van der Waals surface area (Å²) >= 11 is 0. The Hall–Kier alpha value is -0.900. The summed E-state index contributed by atoms with van der Waals surface area (Å²) in [6.45, 7) is 5.00. The Morgan fingerprint density at radius 1 is 1.12 bits per heavy atom. The first kappa shape index (κ1) is 14.2. The molecule has 3 nitrogen and oxygen atoms in total. The predicted molar refractivity (Wildman–Crippen MR) is 69.9 cm³/mol. The molecule has 1 aromatic carbocycles. The van der Waals surface area contributed by atoms with E-state index in [0.29, 0.717) is 12.5 Å². The van der Waals surface area contributed by atoms with Crippen LogP contribution in [0.15, 0.2) is 24.3 Å². The number of hydrogen-bond acceptors (Lipinski definition) is 3. The maximum absolute atomic E-state index is 8.93. The van der Waals surface area contributed by atoms with Gasteiger partial charge in [0.25, 0.3) is 0 Å². The van der Waals surface area contributed by atoms with Gasteiger partial charge >= 0.3 is 0 Å². The molecule has 17 heavy (non-hydrogen) atoms. The zero-order valence-electron chi connectivity index (χ0n) is 10.7. The number of rotatable bonds is 7. The van der Waals surface area contributed by atoms with Gasteiger partial charge in [-0.3, -0.25) is 0 Å². The SMILES string of the molecule is CCC(C)c1ccc(CNC(CO)CO)cc1. The average Bonchev–Trinajstić information content (AvgIpc) is 2.39. The van der Waals surface area contributed by atoms with Crippen molar-refractivity contribution in [1.29, 1.82) is 0 Å². The minimum absolute atomic E-state index is 0.0402. The highest BCUT2D eigenvalue weighted by molar-refractivity contribution is 5.24. The van der Waals surface area contributed by atoms with Crippen LogP contribution in [0.5, 0.6) is 0 Å². The van der Waals surface area contributed by atoms with E-state index in [4.69, 9.17) is 10.2 Å². The predicted octanol–water partition coefficient (Wildman–Crippen LogP) is 1.64. The van der Waals surface area contributed by atoms with Crippen molar-refractivity contribution in [2.24, 2.45) is 0 Å². The molecule has 0 spiro atoms. The third-order valence-electron chi connectivity index (χ3n) is 3.20. The Morgan fingerprint density at radius 3 is 2.18 bits per heavy atom. The van der Waals surface area contributed by atoms with Gasteiger partial charge in [-0.05, 0) is 23.5 Å². The zero-order chi connectivity index (χ0) is 12.7. The molecule has 1 unspecified atom stereocenters. The lowest BCUT2D eigenvalue weighted by Crippen LogP contribution is -2.35. The van der Waals surface area contributed by atoms with Crippen molar-refractivity contribution in [2.45, 2.75) is 38.8 Å². The van der Waals surface area contributed by atoms with Gasteiger partial charge in [0.2, 0.25) is 0 Å². The Balaban J connectivity index is 2.50. The van der Waals surface area contributed by atoms with Crippen LogP contribution in [0, 0.1) is 0 Å². The van der Waals surface area contributed by atoms with E-state index in [0.717, 1.165) is 6.42 Å². The Morgan fingerprint density at radius 2 is 1.71 bits per heavy atom. The van der Waals surface area contributed by atoms with Crippen LogP contribution in [-0.4, -0.2) is 29.5 Å². The third kappa shape index (κ3) is 4.46. The lowest BCUT2D eigenvalue weighted by atomic mass is 9.98. The van der Waals surface area contributed by atoms with Crippen LogP contribution >= 0.6 is 0 Å². The van der Waals surface area contributed by atoms with Gasteiger partial charge in [0, 0.05) is 6.54 Å². The second-order valence-electron chi connectivity index (χ2n) is 4.49. The minimum atomic E-state index is -0.232. The maximum Gasteiger partial charge on any atom is 0.0607 e. The standard InChI is InChI=1S/C14H23NO2/c1-3-11(2)13-6-4-12(5-7-13)8-15-14(9-16)10-17/h4-7,11,14-17H,3,8-10H2,1-2H3. The molecule has 96 valence electrons. The van der Waals surface area contributed by atoms with Gasteiger partial charge in [0.15, 0.2) is 0 Å². The molecule has 0 radical (unpaired) electrons. The largest absolute Gasteiger partial charge is 0.395 e. The quantitative estimate of drug-likeness (QED) is 0.676. The first-order chi connectivity index (χ1) is 8.21. The molecule has 3 N–H and O–H groups in total. The van der Waals surface area contributed by atoms with Gasteiger partial charge < -0.3 is 15.5 Å². The molecule has 0 heterocycles. The second-order valence-corrected chi connectivity index (χ2v) is 4.49. The van der Waals surface area contributed by atoms with Gasteiger partial charge in [-0.25, -0.2) is 0 Å². The van der Waals surface area contributed by atoms with Crippen molar-refractivity contribution < 1.29 is 10.2 Å². The van der Waals surface area contributed by atoms with E-state index in [1.165, 1.54) is 11.1 Å². The molecule has 0 saturated carbocycles. The molecule has 1 aromatic rings. The van der Waals surface area contributed by atoms with Crippen LogP contribution in [-0.2, 0) is 6.54 Å². The molecule has 1 atom stereocenters. The van der Waals surface area contributed by atoms with Gasteiger partial charge in [0.05, 0.1) is 19.3 Å². The summed E-state index contributed by atoms with van der Waals surface area (Å²) in [4.78, 5) is 0. The van der Waals surface area contributed by atoms with E-state index < -0.39 is 0 Å². The molecule has 0 aliphatic rings. The van der Waals surface area contributed by atoms with E-state index in [-0.39, 0.29) is 19.3 Å². The molecule has 0 fully saturated rings. The molecule has 1 rings (SSSR count). The van der Waals surface area contributed by atoms with Crippen LogP contribution in [0.1, 0.15) is 37.3 Å². The van der Waals surface area contributed by atoms with Crippen molar-refractivity contribution in [1.82, 2.24) is 5.32 Å². The first-order valence-corrected chi connectivity index (χ1v) is 6.25. The van der Waals surface area contributed by atoms with Crippen LogP contribution in [0.2, 0.25) is 0 Å². The second kappa shape index (κ2) is 7.43. The number of aliphatic hydroxyl groups excluding tert-OH is 2. The van der Waals surface area contributed by atoms with Gasteiger partial charge in [-0.1, -0.05) is 38.1 Å². The molecule has 3 heteroatoms. The van der Waals surface area contributed by atoms with Gasteiger partial charge in [-0.2, -0.15) is 0 Å². The lowest BCUT2D eigenvalue weighted by Gasteiger charge is -2.14. The third-order valence-corrected chi connectivity index (χ3v) is 3.20. The molecule has 0 aromatic heterocycles. The number of aliphatic hydroxyl groups is 2. The molecular formula is C14H23NO2. The summed E-state index contributed by atoms with van der Waals surface area (Å²) in [5, 5.41) is 21.0. The van der Waals surface area contributed by atoms with E-state index in [2.05, 4.69) is 43.4 Å². The first-order valence-electron chi connectivity index (χ1n) is 6.25. The van der Waals surface area contributed by atoms with Gasteiger partial charge in [0.1, 0.15) is 0 Å². The summed E-state index contributed by atoms with van der Waals surface area (Å²) in [5.41, 5.74) is 2.53. The summed E-state index contributed by atoms with van der Waals surface area (Å²) in [7, 11) is 0. The Labute approximate surface area is 103 Å². The number of hydrogen-bond donors (Lipinski definition) is 3. The molecule has 0 saturated heterocycles. The van der Waals surface area contributed by atoms with Crippen LogP contribution in [0.4, 0.5) is 0 Å². The van der Waals surface area contributed by atoms with Crippen LogP contribution in [0.25, 0.3) is 0 Å². The summed E-state index contributed by atoms with van der Waals surface area (Å²) in [5.74, 6) is 0.597. The highest BCUT2D eigenvalue weighted by atomic mass is 16.3. The Kier molecular flexibility index (Phi) is 6.19. The minimum Gasteiger partial charge on any atom is -0.395 e. The van der Waals surface area contributed by atoms with E-state index in [9.17, 15) is 0 Å². The van der Waals surface area contributed by atoms with E-state index in [1.54, 1.807) is 0 Å². The van der Waals surface area contributed by atoms with Crippen molar-refractivity contribution in [3.05, 3.63) is 35.4 Å². The zero-order valence-corrected chi connectivity index (χ0v) is 10.7. The highest BCUT2D eigenvalue weighted by Crippen LogP contribution is 2.18. The van der Waals surface area contributed by atoms with Crippen molar-refractivity contribution >= 4 is 0 Å². The summed E-state index contributed by atoms with van der Waals surface area (Å²) < 4.78 is 0. The van der Waals surface area contributed by atoms with Crippen molar-refractivity contribution in [3.63, 3.8) is 0 Å². The molecule has 0 aliphatic carbocycles. The fourth-order valence-electron chi connectivity index (χ4n) is 1.65. The number of benzene rings is 1. The van der Waals surface area contributed by atoms with Gasteiger partial charge in [-0.15, -0.1) is 0 Å². The molecule has 0 bridgehead atoms. The van der Waals surface area contributed by atoms with Crippen LogP contribution in [0.3, 0.4) is 0 Å². The normalized spacial score (nSPS) is 13.0. The molecule has 0 aliphatic heterocycles. The highest BCUT2D eigenvalue weighted by Gasteiger charge is 2.05. The van der Waals surface area contributed by atoms with Crippen LogP contribution < -0.4 is 5.32 Å². The van der Waals surface area contributed by atoms with Crippen molar-refractivity contribution in [2.75, 3.05) is 13.2 Å². The van der Waals surface area contributed by atoms with Crippen molar-refractivity contribution in [3.8, 4) is 0 Å². The van der Waals surface area contributed by atoms with E-state index in [1.807, 2.05) is 0 Å².